The average molecular weight is 649 g/mol. The number of ether oxygens (including phenoxy) is 3. The molecule has 2 aliphatic carbocycles. The highest BCUT2D eigenvalue weighted by atomic mass is 127. The first-order chi connectivity index (χ1) is 17.0. The fourth-order valence-corrected chi connectivity index (χ4v) is 6.25. The van der Waals surface area contributed by atoms with E-state index in [4.69, 9.17) is 14.2 Å². The molecule has 0 amide bonds. The van der Waals surface area contributed by atoms with Gasteiger partial charge in [0.25, 0.3) is 0 Å². The van der Waals surface area contributed by atoms with Crippen LogP contribution in [0.1, 0.15) is 62.5 Å². The van der Waals surface area contributed by atoms with E-state index in [0.29, 0.717) is 48.7 Å². The molecule has 0 bridgehead atoms. The summed E-state index contributed by atoms with van der Waals surface area (Å²) in [4.78, 5) is 26.2. The second-order valence-corrected chi connectivity index (χ2v) is 10.9. The first-order valence-corrected chi connectivity index (χ1v) is 13.9. The summed E-state index contributed by atoms with van der Waals surface area (Å²) in [7, 11) is 0. The number of carbonyl (C=O) groups is 2. The summed E-state index contributed by atoms with van der Waals surface area (Å²) >= 11 is 5.83. The first kappa shape index (κ1) is 24.6. The van der Waals surface area contributed by atoms with Crippen LogP contribution in [0.2, 0.25) is 0 Å². The molecule has 0 fully saturated rings. The number of benzene rings is 2. The van der Waals surface area contributed by atoms with Crippen LogP contribution in [0.3, 0.4) is 0 Å². The summed E-state index contributed by atoms with van der Waals surface area (Å²) in [5.41, 5.74) is 3.19. The van der Waals surface area contributed by atoms with Crippen LogP contribution in [-0.2, 0) is 20.9 Å². The smallest absolute Gasteiger partial charge is 0.174 e. The number of carbonyl (C=O) groups excluding carboxylic acids is 2. The SMILES string of the molecule is CCOc1cc(C2C3=C(CCCC3=O)OC3=C2C(=O)CCC3)cc(I)c1OCc1ccccc1Br. The molecule has 7 heteroatoms. The average Bonchev–Trinajstić information content (AvgIpc) is 2.84. The van der Waals surface area contributed by atoms with Gasteiger partial charge in [-0.25, -0.2) is 0 Å². The Kier molecular flexibility index (Phi) is 7.34. The zero-order valence-electron chi connectivity index (χ0n) is 19.5. The van der Waals surface area contributed by atoms with Gasteiger partial charge in [-0.1, -0.05) is 34.1 Å². The molecule has 1 aliphatic heterocycles. The Bertz CT molecular complexity index is 1220. The van der Waals surface area contributed by atoms with Gasteiger partial charge in [-0.3, -0.25) is 9.59 Å². The number of Topliss-reactive ketones (excluding diaryl/α,β-unsaturated/α-hetero) is 2. The van der Waals surface area contributed by atoms with Crippen molar-refractivity contribution in [2.24, 2.45) is 0 Å². The van der Waals surface area contributed by atoms with Gasteiger partial charge in [0.1, 0.15) is 18.1 Å². The normalized spacial score (nSPS) is 18.3. The molecule has 2 aromatic carbocycles. The molecule has 0 saturated heterocycles. The Balaban J connectivity index is 1.58. The van der Waals surface area contributed by atoms with E-state index < -0.39 is 5.92 Å². The van der Waals surface area contributed by atoms with Crippen LogP contribution in [0.15, 0.2) is 63.5 Å². The van der Waals surface area contributed by atoms with Gasteiger partial charge in [-0.15, -0.1) is 0 Å². The van der Waals surface area contributed by atoms with Gasteiger partial charge < -0.3 is 14.2 Å². The number of ketones is 2. The molecule has 35 heavy (non-hydrogen) atoms. The number of hydrogen-bond acceptors (Lipinski definition) is 5. The van der Waals surface area contributed by atoms with Crippen molar-refractivity contribution in [3.63, 3.8) is 0 Å². The Morgan fingerprint density at radius 3 is 2.26 bits per heavy atom. The summed E-state index contributed by atoms with van der Waals surface area (Å²) < 4.78 is 20.3. The summed E-state index contributed by atoms with van der Waals surface area (Å²) in [5, 5.41) is 0. The van der Waals surface area contributed by atoms with E-state index in [9.17, 15) is 9.59 Å². The maximum absolute atomic E-state index is 13.1. The Morgan fingerprint density at radius 2 is 1.63 bits per heavy atom. The van der Waals surface area contributed by atoms with Gasteiger partial charge in [0.2, 0.25) is 0 Å². The highest BCUT2D eigenvalue weighted by Gasteiger charge is 2.42. The van der Waals surface area contributed by atoms with Crippen molar-refractivity contribution in [3.05, 3.63) is 78.2 Å². The summed E-state index contributed by atoms with van der Waals surface area (Å²) in [6.45, 7) is 2.79. The second kappa shape index (κ2) is 10.5. The second-order valence-electron chi connectivity index (χ2n) is 8.91. The topological polar surface area (TPSA) is 61.8 Å². The minimum absolute atomic E-state index is 0.0726. The predicted molar refractivity (Wildman–Crippen MR) is 144 cm³/mol. The third kappa shape index (κ3) is 4.81. The van der Waals surface area contributed by atoms with Crippen molar-refractivity contribution in [3.8, 4) is 11.5 Å². The minimum atomic E-state index is -0.417. The molecule has 0 radical (unpaired) electrons. The van der Waals surface area contributed by atoms with E-state index in [-0.39, 0.29) is 11.6 Å². The van der Waals surface area contributed by atoms with E-state index >= 15 is 0 Å². The molecule has 0 saturated carbocycles. The maximum Gasteiger partial charge on any atom is 0.174 e. The lowest BCUT2D eigenvalue weighted by molar-refractivity contribution is -0.117. The Labute approximate surface area is 227 Å². The molecular weight excluding hydrogens is 623 g/mol. The third-order valence-corrected chi connectivity index (χ3v) is 8.21. The van der Waals surface area contributed by atoms with Crippen LogP contribution in [0.5, 0.6) is 11.5 Å². The van der Waals surface area contributed by atoms with Crippen LogP contribution in [0.4, 0.5) is 0 Å². The minimum Gasteiger partial charge on any atom is -0.490 e. The molecule has 3 aliphatic rings. The molecule has 5 rings (SSSR count). The van der Waals surface area contributed by atoms with E-state index in [2.05, 4.69) is 38.5 Å². The number of hydrogen-bond donors (Lipinski definition) is 0. The van der Waals surface area contributed by atoms with Crippen molar-refractivity contribution in [2.75, 3.05) is 6.61 Å². The van der Waals surface area contributed by atoms with E-state index in [1.807, 2.05) is 43.3 Å². The molecule has 0 aromatic heterocycles. The Morgan fingerprint density at radius 1 is 0.971 bits per heavy atom. The van der Waals surface area contributed by atoms with Gasteiger partial charge in [-0.2, -0.15) is 0 Å². The van der Waals surface area contributed by atoms with Crippen LogP contribution in [0, 0.1) is 3.57 Å². The highest BCUT2D eigenvalue weighted by Crippen LogP contribution is 2.49. The van der Waals surface area contributed by atoms with Gasteiger partial charge in [0, 0.05) is 52.8 Å². The van der Waals surface area contributed by atoms with Crippen LogP contribution in [-0.4, -0.2) is 18.2 Å². The molecule has 2 aromatic rings. The lowest BCUT2D eigenvalue weighted by atomic mass is 9.73. The number of halogens is 2. The third-order valence-electron chi connectivity index (χ3n) is 6.64. The Hall–Kier alpha value is -2.13. The zero-order valence-corrected chi connectivity index (χ0v) is 23.2. The monoisotopic (exact) mass is 648 g/mol. The summed E-state index contributed by atoms with van der Waals surface area (Å²) in [6.07, 6.45) is 3.99. The fourth-order valence-electron chi connectivity index (χ4n) is 5.07. The number of rotatable bonds is 6. The van der Waals surface area contributed by atoms with E-state index in [1.165, 1.54) is 0 Å². The van der Waals surface area contributed by atoms with E-state index in [0.717, 1.165) is 56.4 Å². The largest absolute Gasteiger partial charge is 0.490 e. The van der Waals surface area contributed by atoms with Crippen LogP contribution < -0.4 is 9.47 Å². The molecule has 0 unspecified atom stereocenters. The van der Waals surface area contributed by atoms with Gasteiger partial charge >= 0.3 is 0 Å². The zero-order chi connectivity index (χ0) is 24.5. The van der Waals surface area contributed by atoms with Crippen LogP contribution >= 0.6 is 38.5 Å². The molecule has 0 N–H and O–H groups in total. The van der Waals surface area contributed by atoms with Crippen molar-refractivity contribution in [1.82, 2.24) is 0 Å². The molecule has 0 atom stereocenters. The molecule has 182 valence electrons. The fraction of sp³-hybridized carbons (Fsp3) is 0.357. The van der Waals surface area contributed by atoms with Gasteiger partial charge in [0.05, 0.1) is 10.2 Å². The van der Waals surface area contributed by atoms with Crippen molar-refractivity contribution >= 4 is 50.1 Å². The van der Waals surface area contributed by atoms with Gasteiger partial charge in [-0.05, 0) is 66.1 Å². The summed E-state index contributed by atoms with van der Waals surface area (Å²) in [6, 6.07) is 11.9. The maximum atomic E-state index is 13.1. The number of allylic oxidation sites excluding steroid dienone is 4. The first-order valence-electron chi connectivity index (χ1n) is 12.0. The molecule has 5 nitrogen and oxygen atoms in total. The quantitative estimate of drug-likeness (QED) is 0.311. The lowest BCUT2D eigenvalue weighted by Gasteiger charge is -2.36. The van der Waals surface area contributed by atoms with Crippen molar-refractivity contribution in [1.29, 1.82) is 0 Å². The van der Waals surface area contributed by atoms with E-state index in [1.54, 1.807) is 0 Å². The van der Waals surface area contributed by atoms with Crippen molar-refractivity contribution < 1.29 is 23.8 Å². The summed E-state index contributed by atoms with van der Waals surface area (Å²) in [5.74, 6) is 2.48. The van der Waals surface area contributed by atoms with Crippen molar-refractivity contribution in [2.45, 2.75) is 58.0 Å². The molecular formula is C28H26BrIO5. The lowest BCUT2D eigenvalue weighted by Crippen LogP contribution is -2.30. The molecule has 0 spiro atoms. The van der Waals surface area contributed by atoms with Gasteiger partial charge in [0.15, 0.2) is 23.1 Å². The molecule has 1 heterocycles. The van der Waals surface area contributed by atoms with Crippen LogP contribution in [0.25, 0.3) is 0 Å². The highest BCUT2D eigenvalue weighted by molar-refractivity contribution is 14.1. The standard InChI is InChI=1S/C28H26BrIO5/c1-2-33-24-14-17(13-19(30)28(24)34-15-16-7-3-4-8-18(16)29)25-26-20(31)9-5-11-22(26)35-23-12-6-10-21(32)27(23)25/h3-4,7-8,13-14,25H,2,5-6,9-12,15H2,1H3. The predicted octanol–water partition coefficient (Wildman–Crippen LogP) is 7.16.